The molecule has 0 spiro atoms. The molecule has 2 aliphatic rings. The van der Waals surface area contributed by atoms with Crippen molar-refractivity contribution in [2.45, 2.75) is 51.9 Å². The van der Waals surface area contributed by atoms with E-state index >= 15 is 0 Å². The molecule has 1 aliphatic carbocycles. The summed E-state index contributed by atoms with van der Waals surface area (Å²) < 4.78 is 0. The molecule has 0 radical (unpaired) electrons. The molecular weight excluding hydrogens is 340 g/mol. The molecule has 2 aromatic rings. The molecule has 0 saturated carbocycles. The van der Waals surface area contributed by atoms with Crippen LogP contribution >= 0.6 is 11.3 Å². The summed E-state index contributed by atoms with van der Waals surface area (Å²) in [5.74, 6) is 0.818. The van der Waals surface area contributed by atoms with Crippen molar-refractivity contribution in [2.75, 3.05) is 23.3 Å². The van der Waals surface area contributed by atoms with E-state index in [2.05, 4.69) is 35.3 Å². The average Bonchev–Trinajstić information content (AvgIpc) is 3.12. The van der Waals surface area contributed by atoms with Crippen LogP contribution < -0.4 is 10.2 Å². The number of nitrogens with zero attached hydrogens (tertiary/aromatic N) is 1. The van der Waals surface area contributed by atoms with E-state index in [1.165, 1.54) is 48.2 Å². The van der Waals surface area contributed by atoms with Gasteiger partial charge in [-0.25, -0.2) is 0 Å². The SMILES string of the molecule is CC[C@@H]1CCc2sc(C(=O)Nc3ccc(N4CCCCC4)cc3)cc2C1. The summed E-state index contributed by atoms with van der Waals surface area (Å²) in [5.41, 5.74) is 3.55. The first-order valence-corrected chi connectivity index (χ1v) is 10.8. The second-order valence-corrected chi connectivity index (χ2v) is 8.76. The second-order valence-electron chi connectivity index (χ2n) is 7.62. The maximum absolute atomic E-state index is 12.7. The number of hydrogen-bond donors (Lipinski definition) is 1. The quantitative estimate of drug-likeness (QED) is 0.772. The third kappa shape index (κ3) is 3.80. The average molecular weight is 369 g/mol. The Labute approximate surface area is 160 Å². The fraction of sp³-hybridized carbons (Fsp3) is 0.500. The normalized spacial score (nSPS) is 19.9. The highest BCUT2D eigenvalue weighted by molar-refractivity contribution is 7.14. The van der Waals surface area contributed by atoms with Crippen molar-refractivity contribution in [3.05, 3.63) is 45.6 Å². The summed E-state index contributed by atoms with van der Waals surface area (Å²) >= 11 is 1.68. The lowest BCUT2D eigenvalue weighted by molar-refractivity contribution is 0.103. The minimum Gasteiger partial charge on any atom is -0.372 e. The highest BCUT2D eigenvalue weighted by Gasteiger charge is 2.22. The topological polar surface area (TPSA) is 32.3 Å². The molecule has 1 aromatic heterocycles. The fourth-order valence-corrected chi connectivity index (χ4v) is 5.26. The Bertz CT molecular complexity index is 759. The Hall–Kier alpha value is -1.81. The monoisotopic (exact) mass is 368 g/mol. The van der Waals surface area contributed by atoms with Gasteiger partial charge in [0, 0.05) is 29.3 Å². The number of hydrogen-bond acceptors (Lipinski definition) is 3. The van der Waals surface area contributed by atoms with Gasteiger partial charge >= 0.3 is 0 Å². The highest BCUT2D eigenvalue weighted by atomic mass is 32.1. The largest absolute Gasteiger partial charge is 0.372 e. The number of benzene rings is 1. The zero-order valence-corrected chi connectivity index (χ0v) is 16.4. The van der Waals surface area contributed by atoms with Crippen LogP contribution in [0, 0.1) is 5.92 Å². The van der Waals surface area contributed by atoms with Crippen molar-refractivity contribution < 1.29 is 4.79 Å². The van der Waals surface area contributed by atoms with E-state index in [1.54, 1.807) is 11.3 Å². The van der Waals surface area contributed by atoms with Crippen LogP contribution in [0.4, 0.5) is 11.4 Å². The number of rotatable bonds is 4. The standard InChI is InChI=1S/C22H28N2OS/c1-2-16-6-11-20-17(14-16)15-21(26-20)22(25)23-18-7-9-19(10-8-18)24-12-4-3-5-13-24/h7-10,15-16H,2-6,11-14H2,1H3,(H,23,25)/t16-/m1/s1. The first kappa shape index (κ1) is 17.6. The van der Waals surface area contributed by atoms with E-state index in [9.17, 15) is 4.79 Å². The van der Waals surface area contributed by atoms with Gasteiger partial charge in [-0.2, -0.15) is 0 Å². The van der Waals surface area contributed by atoms with E-state index < -0.39 is 0 Å². The van der Waals surface area contributed by atoms with Crippen LogP contribution in [0.3, 0.4) is 0 Å². The zero-order valence-electron chi connectivity index (χ0n) is 15.6. The van der Waals surface area contributed by atoms with Crippen molar-refractivity contribution in [1.29, 1.82) is 0 Å². The number of nitrogens with one attached hydrogen (secondary N) is 1. The number of carbonyl (C=O) groups excluding carboxylic acids is 1. The number of aryl methyl sites for hydroxylation is 1. The molecule has 0 unspecified atom stereocenters. The Balaban J connectivity index is 1.41. The van der Waals surface area contributed by atoms with Gasteiger partial charge in [-0.3, -0.25) is 4.79 Å². The fourth-order valence-electron chi connectivity index (χ4n) is 4.16. The third-order valence-corrected chi connectivity index (χ3v) is 7.07. The lowest BCUT2D eigenvalue weighted by Gasteiger charge is -2.28. The predicted molar refractivity (Wildman–Crippen MR) is 111 cm³/mol. The van der Waals surface area contributed by atoms with Crippen LogP contribution in [0.2, 0.25) is 0 Å². The number of amides is 1. The molecule has 1 atom stereocenters. The number of anilines is 2. The summed E-state index contributed by atoms with van der Waals surface area (Å²) in [6, 6.07) is 10.4. The number of thiophene rings is 1. The summed E-state index contributed by atoms with van der Waals surface area (Å²) in [5, 5.41) is 3.08. The van der Waals surface area contributed by atoms with Crippen LogP contribution in [-0.2, 0) is 12.8 Å². The molecule has 3 nitrogen and oxygen atoms in total. The molecule has 1 aliphatic heterocycles. The second kappa shape index (κ2) is 7.83. The Morgan fingerprint density at radius 2 is 1.96 bits per heavy atom. The van der Waals surface area contributed by atoms with Gasteiger partial charge in [-0.1, -0.05) is 13.3 Å². The lowest BCUT2D eigenvalue weighted by atomic mass is 9.87. The third-order valence-electron chi connectivity index (χ3n) is 5.83. The predicted octanol–water partition coefficient (Wildman–Crippen LogP) is 5.51. The van der Waals surface area contributed by atoms with Crippen LogP contribution in [0.1, 0.15) is 59.1 Å². The molecule has 26 heavy (non-hydrogen) atoms. The van der Waals surface area contributed by atoms with Gasteiger partial charge in [0.1, 0.15) is 0 Å². The van der Waals surface area contributed by atoms with Crippen molar-refractivity contribution in [2.24, 2.45) is 5.92 Å². The summed E-state index contributed by atoms with van der Waals surface area (Å²) in [6.45, 7) is 4.56. The molecule has 138 valence electrons. The van der Waals surface area contributed by atoms with Crippen LogP contribution in [0.15, 0.2) is 30.3 Å². The van der Waals surface area contributed by atoms with Crippen LogP contribution in [-0.4, -0.2) is 19.0 Å². The Kier molecular flexibility index (Phi) is 5.30. The molecule has 1 saturated heterocycles. The maximum Gasteiger partial charge on any atom is 0.265 e. The first-order chi connectivity index (χ1) is 12.7. The van der Waals surface area contributed by atoms with Crippen molar-refractivity contribution in [3.63, 3.8) is 0 Å². The molecular formula is C22H28N2OS. The van der Waals surface area contributed by atoms with Gasteiger partial charge in [-0.05, 0) is 80.3 Å². The molecule has 1 aromatic carbocycles. The van der Waals surface area contributed by atoms with Crippen molar-refractivity contribution in [3.8, 4) is 0 Å². The molecule has 4 rings (SSSR count). The smallest absolute Gasteiger partial charge is 0.265 e. The summed E-state index contributed by atoms with van der Waals surface area (Å²) in [7, 11) is 0. The minimum atomic E-state index is 0.0307. The minimum absolute atomic E-state index is 0.0307. The van der Waals surface area contributed by atoms with Gasteiger partial charge in [0.25, 0.3) is 5.91 Å². The molecule has 2 heterocycles. The zero-order chi connectivity index (χ0) is 17.9. The van der Waals surface area contributed by atoms with E-state index in [0.717, 1.165) is 42.4 Å². The van der Waals surface area contributed by atoms with Crippen molar-refractivity contribution >= 4 is 28.6 Å². The summed E-state index contributed by atoms with van der Waals surface area (Å²) in [6.07, 6.45) is 8.68. The summed E-state index contributed by atoms with van der Waals surface area (Å²) in [4.78, 5) is 17.4. The molecule has 4 heteroatoms. The van der Waals surface area contributed by atoms with E-state index in [4.69, 9.17) is 0 Å². The van der Waals surface area contributed by atoms with E-state index in [0.29, 0.717) is 0 Å². The molecule has 1 N–H and O–H groups in total. The van der Waals surface area contributed by atoms with E-state index in [1.807, 2.05) is 12.1 Å². The van der Waals surface area contributed by atoms with Crippen molar-refractivity contribution in [1.82, 2.24) is 0 Å². The van der Waals surface area contributed by atoms with Gasteiger partial charge in [0.2, 0.25) is 0 Å². The number of piperidine rings is 1. The van der Waals surface area contributed by atoms with E-state index in [-0.39, 0.29) is 5.91 Å². The molecule has 1 amide bonds. The van der Waals surface area contributed by atoms with Crippen LogP contribution in [0.5, 0.6) is 0 Å². The molecule has 0 bridgehead atoms. The van der Waals surface area contributed by atoms with Crippen LogP contribution in [0.25, 0.3) is 0 Å². The van der Waals surface area contributed by atoms with Gasteiger partial charge in [0.15, 0.2) is 0 Å². The first-order valence-electron chi connectivity index (χ1n) is 10.0. The number of carbonyl (C=O) groups is 1. The molecule has 1 fully saturated rings. The lowest BCUT2D eigenvalue weighted by Crippen LogP contribution is -2.29. The Morgan fingerprint density at radius 1 is 1.19 bits per heavy atom. The highest BCUT2D eigenvalue weighted by Crippen LogP contribution is 2.34. The maximum atomic E-state index is 12.7. The van der Waals surface area contributed by atoms with Gasteiger partial charge in [-0.15, -0.1) is 11.3 Å². The Morgan fingerprint density at radius 3 is 2.69 bits per heavy atom. The number of fused-ring (bicyclic) bond motifs is 1. The van der Waals surface area contributed by atoms with Gasteiger partial charge in [0.05, 0.1) is 4.88 Å². The van der Waals surface area contributed by atoms with Gasteiger partial charge < -0.3 is 10.2 Å².